The Kier molecular flexibility index (Phi) is 30.2. The number of amides is 4. The van der Waals surface area contributed by atoms with Crippen LogP contribution in [0.5, 0.6) is 0 Å². The topological polar surface area (TPSA) is 337 Å². The third kappa shape index (κ3) is 26.0. The van der Waals surface area contributed by atoms with E-state index in [1.807, 2.05) is 51.1 Å². The number of carboxylic acid groups (broad SMARTS) is 4. The van der Waals surface area contributed by atoms with E-state index in [4.69, 9.17) is 40.0 Å². The number of carbonyl (C=O) groups excluding carboxylic acids is 4. The molecule has 1 unspecified atom stereocenters. The number of carbonyl (C=O) groups is 8. The van der Waals surface area contributed by atoms with Gasteiger partial charge < -0.3 is 70.5 Å². The van der Waals surface area contributed by atoms with E-state index in [0.29, 0.717) is 11.3 Å². The third-order valence-electron chi connectivity index (χ3n) is 11.5. The average molecular weight is 1190 g/mol. The minimum atomic E-state index is -4.26. The summed E-state index contributed by atoms with van der Waals surface area (Å²) in [6.07, 6.45) is 0.658. The molecule has 0 spiro atoms. The van der Waals surface area contributed by atoms with Gasteiger partial charge in [0.25, 0.3) is 0 Å². The largest absolute Gasteiger partial charge is 0.481 e. The summed E-state index contributed by atoms with van der Waals surface area (Å²) in [7, 11) is 0. The van der Waals surface area contributed by atoms with Gasteiger partial charge in [-0.25, -0.2) is 23.7 Å². The fourth-order valence-electron chi connectivity index (χ4n) is 7.58. The van der Waals surface area contributed by atoms with Crippen LogP contribution in [0.4, 0.5) is 17.6 Å². The fourth-order valence-corrected chi connectivity index (χ4v) is 9.58. The Bertz CT molecular complexity index is 2530. The lowest BCUT2D eigenvalue weighted by Gasteiger charge is -2.41. The van der Waals surface area contributed by atoms with Crippen LogP contribution in [0, 0.1) is 17.0 Å². The van der Waals surface area contributed by atoms with E-state index in [-0.39, 0.29) is 108 Å². The summed E-state index contributed by atoms with van der Waals surface area (Å²) in [4.78, 5) is 98.4. The standard InChI is InChI=1S/C52H71F4N7O16S2/c1-51(2,3)46(40-24-34(36-25-35(53)10-11-37(36)54)29-62(40)28-33-8-5-4-6-9-33)63(15-7-13-60-52(55,56)50(74)75)44(66)32-80-31-39(49(72)73)61-42(64)12-16-76-18-20-78-22-23-79-21-19-77-17-14-58-43(65)27-59-47(69)41(26-45(67)68)81-30-38(57)48(70)71/h4-6,8-11,24-25,29,38-39,41,46,60H,7,12-23,26-28,30-32,57H2,1-3H3,(H,58,65)(H,59,69)(H,61,64)(H,67,68)(H,70,71)(H,72,73)(H,74,75)/t38-,39-,41?,46-/m0/s1. The number of rotatable bonds is 41. The zero-order valence-corrected chi connectivity index (χ0v) is 46.6. The van der Waals surface area contributed by atoms with Crippen molar-refractivity contribution in [1.29, 1.82) is 0 Å². The van der Waals surface area contributed by atoms with E-state index in [9.17, 15) is 56.6 Å². The molecule has 23 nitrogen and oxygen atoms in total. The summed E-state index contributed by atoms with van der Waals surface area (Å²) >= 11 is 1.65. The molecule has 3 rings (SSSR count). The number of alkyl halides is 2. The molecule has 4 amide bonds. The zero-order chi connectivity index (χ0) is 60.1. The first-order valence-electron chi connectivity index (χ1n) is 25.4. The van der Waals surface area contributed by atoms with Gasteiger partial charge in [-0.1, -0.05) is 51.1 Å². The van der Waals surface area contributed by atoms with Gasteiger partial charge >= 0.3 is 29.9 Å². The second-order valence-electron chi connectivity index (χ2n) is 19.0. The number of hydrogen-bond acceptors (Lipinski definition) is 16. The Hall–Kier alpha value is -6.34. The highest BCUT2D eigenvalue weighted by molar-refractivity contribution is 8.00. The molecule has 0 radical (unpaired) electrons. The number of thioether (sulfide) groups is 2. The van der Waals surface area contributed by atoms with Crippen molar-refractivity contribution in [2.75, 3.05) is 96.3 Å². The molecule has 1 aromatic heterocycles. The van der Waals surface area contributed by atoms with Crippen molar-refractivity contribution in [3.63, 3.8) is 0 Å². The lowest BCUT2D eigenvalue weighted by molar-refractivity contribution is -0.169. The molecule has 450 valence electrons. The normalized spacial score (nSPS) is 13.1. The van der Waals surface area contributed by atoms with Crippen molar-refractivity contribution >= 4 is 71.0 Å². The molecule has 0 aliphatic rings. The van der Waals surface area contributed by atoms with Gasteiger partial charge in [0.15, 0.2) is 0 Å². The molecule has 0 bridgehead atoms. The van der Waals surface area contributed by atoms with E-state index in [0.717, 1.165) is 47.3 Å². The van der Waals surface area contributed by atoms with Gasteiger partial charge in [0, 0.05) is 67.1 Å². The smallest absolute Gasteiger partial charge is 0.399 e. The van der Waals surface area contributed by atoms with Gasteiger partial charge in [-0.15, -0.1) is 23.5 Å². The molecule has 10 N–H and O–H groups in total. The predicted molar refractivity (Wildman–Crippen MR) is 289 cm³/mol. The number of nitrogens with one attached hydrogen (secondary N) is 4. The SMILES string of the molecule is CC(C)(C)[C@H](c1cc(-c2cc(F)ccc2F)cn1Cc1ccccc1)N(CCCNC(F)(F)C(=O)O)C(=O)CSC[C@H](NC(=O)CCOCCOCCOCCOCCNC(=O)CNC(=O)C(CC(=O)O)SC[C@H](N)C(=O)O)C(=O)O. The number of hydrogen-bond donors (Lipinski definition) is 9. The number of halogens is 4. The Morgan fingerprint density at radius 1 is 0.765 bits per heavy atom. The fraction of sp³-hybridized carbons (Fsp3) is 0.538. The summed E-state index contributed by atoms with van der Waals surface area (Å²) in [5.74, 6) is -11.1. The first-order chi connectivity index (χ1) is 38.3. The van der Waals surface area contributed by atoms with Crippen LogP contribution in [0.25, 0.3) is 11.1 Å². The number of nitrogens with two attached hydrogens (primary N) is 1. The zero-order valence-electron chi connectivity index (χ0n) is 45.0. The Labute approximate surface area is 473 Å². The van der Waals surface area contributed by atoms with E-state index in [1.54, 1.807) is 22.1 Å². The number of benzene rings is 2. The van der Waals surface area contributed by atoms with E-state index in [1.165, 1.54) is 4.90 Å². The van der Waals surface area contributed by atoms with Gasteiger partial charge in [0.2, 0.25) is 23.6 Å². The van der Waals surface area contributed by atoms with E-state index < -0.39 is 113 Å². The molecule has 3 aromatic rings. The van der Waals surface area contributed by atoms with Crippen LogP contribution >= 0.6 is 23.5 Å². The van der Waals surface area contributed by atoms with Crippen molar-refractivity contribution in [2.24, 2.45) is 11.1 Å². The molecular formula is C52H71F4N7O16S2. The highest BCUT2D eigenvalue weighted by Gasteiger charge is 2.40. The lowest BCUT2D eigenvalue weighted by Crippen LogP contribution is -2.47. The van der Waals surface area contributed by atoms with Crippen molar-refractivity contribution in [2.45, 2.75) is 76.0 Å². The molecular weight excluding hydrogens is 1120 g/mol. The van der Waals surface area contributed by atoms with Gasteiger partial charge in [0.1, 0.15) is 23.7 Å². The van der Waals surface area contributed by atoms with Gasteiger partial charge in [-0.3, -0.25) is 28.8 Å². The van der Waals surface area contributed by atoms with Crippen molar-refractivity contribution in [3.8, 4) is 11.1 Å². The van der Waals surface area contributed by atoms with Gasteiger partial charge in [0.05, 0.1) is 82.9 Å². The summed E-state index contributed by atoms with van der Waals surface area (Å²) in [5, 5.41) is 44.7. The van der Waals surface area contributed by atoms with Crippen molar-refractivity contribution in [1.82, 2.24) is 30.7 Å². The maximum atomic E-state index is 15.3. The molecule has 0 saturated carbocycles. The van der Waals surface area contributed by atoms with Crippen LogP contribution in [0.15, 0.2) is 60.8 Å². The maximum absolute atomic E-state index is 15.3. The Morgan fingerprint density at radius 3 is 1.99 bits per heavy atom. The second kappa shape index (κ2) is 35.5. The summed E-state index contributed by atoms with van der Waals surface area (Å²) < 4.78 is 81.3. The minimum absolute atomic E-state index is 0.0479. The number of carboxylic acids is 4. The molecule has 0 aliphatic heterocycles. The average Bonchev–Trinajstić information content (AvgIpc) is 4.07. The second-order valence-corrected chi connectivity index (χ2v) is 21.3. The number of nitrogens with zero attached hydrogens (tertiary/aromatic N) is 2. The molecule has 29 heteroatoms. The van der Waals surface area contributed by atoms with Gasteiger partial charge in [-0.05, 0) is 41.7 Å². The third-order valence-corrected chi connectivity index (χ3v) is 13.8. The van der Waals surface area contributed by atoms with Crippen LogP contribution in [-0.4, -0.2) is 197 Å². The Morgan fingerprint density at radius 2 is 1.40 bits per heavy atom. The van der Waals surface area contributed by atoms with Crippen LogP contribution < -0.4 is 27.0 Å². The van der Waals surface area contributed by atoms with Crippen LogP contribution in [0.3, 0.4) is 0 Å². The minimum Gasteiger partial charge on any atom is -0.481 e. The molecule has 2 aromatic carbocycles. The Balaban J connectivity index is 1.45. The van der Waals surface area contributed by atoms with Crippen LogP contribution in [0.2, 0.25) is 0 Å². The molecule has 1 heterocycles. The molecule has 81 heavy (non-hydrogen) atoms. The van der Waals surface area contributed by atoms with E-state index in [2.05, 4.69) is 16.0 Å². The highest BCUT2D eigenvalue weighted by Crippen LogP contribution is 2.41. The molecule has 0 fully saturated rings. The van der Waals surface area contributed by atoms with Crippen molar-refractivity contribution in [3.05, 3.63) is 83.7 Å². The number of aromatic nitrogens is 1. The van der Waals surface area contributed by atoms with Crippen LogP contribution in [0.1, 0.15) is 57.3 Å². The number of ether oxygens (including phenoxy) is 4. The summed E-state index contributed by atoms with van der Waals surface area (Å²) in [6.45, 7) is 5.69. The summed E-state index contributed by atoms with van der Waals surface area (Å²) in [5.41, 5.74) is 6.13. The maximum Gasteiger partial charge on any atom is 0.399 e. The first-order valence-corrected chi connectivity index (χ1v) is 27.6. The van der Waals surface area contributed by atoms with Gasteiger partial charge in [-0.2, -0.15) is 8.78 Å². The predicted octanol–water partition coefficient (Wildman–Crippen LogP) is 3.03. The summed E-state index contributed by atoms with van der Waals surface area (Å²) in [6, 6.07) is 5.93. The monoisotopic (exact) mass is 1190 g/mol. The quantitative estimate of drug-likeness (QED) is 0.0224. The van der Waals surface area contributed by atoms with Crippen molar-refractivity contribution < 1.29 is 95.3 Å². The molecule has 4 atom stereocenters. The van der Waals surface area contributed by atoms with E-state index >= 15 is 4.39 Å². The van der Waals surface area contributed by atoms with Crippen LogP contribution in [-0.2, 0) is 63.8 Å². The highest BCUT2D eigenvalue weighted by atomic mass is 32.2. The lowest BCUT2D eigenvalue weighted by atomic mass is 9.83. The number of aliphatic carboxylic acids is 4. The first kappa shape index (κ1) is 68.9. The molecule has 0 aliphatic carbocycles. The molecule has 0 saturated heterocycles.